The van der Waals surface area contributed by atoms with Crippen molar-refractivity contribution in [1.29, 1.82) is 0 Å². The molecular formula is C18H31IN4O2S. The number of aliphatic imine (C=N–C) groups is 1. The molecule has 1 aliphatic rings. The molecule has 0 amide bonds. The summed E-state index contributed by atoms with van der Waals surface area (Å²) in [5, 5.41) is 9.63. The highest BCUT2D eigenvalue weighted by atomic mass is 127. The molecule has 1 aromatic rings. The van der Waals surface area contributed by atoms with Gasteiger partial charge in [-0.25, -0.2) is 4.98 Å². The minimum atomic E-state index is -0.0827. The second-order valence-corrected chi connectivity index (χ2v) is 7.62. The zero-order valence-corrected chi connectivity index (χ0v) is 19.1. The van der Waals surface area contributed by atoms with Crippen LogP contribution in [0.25, 0.3) is 0 Å². The Hall–Kier alpha value is -0.900. The lowest BCUT2D eigenvalue weighted by Gasteiger charge is -2.12. The number of nitrogens with one attached hydrogen (secondary N) is 2. The topological polar surface area (TPSA) is 75.6 Å². The highest BCUT2D eigenvalue weighted by molar-refractivity contribution is 14.0. The Bertz CT molecular complexity index is 571. The zero-order chi connectivity index (χ0) is 18.1. The third kappa shape index (κ3) is 8.20. The lowest BCUT2D eigenvalue weighted by Crippen LogP contribution is -2.37. The van der Waals surface area contributed by atoms with Crippen molar-refractivity contribution in [1.82, 2.24) is 15.6 Å². The van der Waals surface area contributed by atoms with Gasteiger partial charge >= 0.3 is 5.97 Å². The number of carbonyl (C=O) groups excluding carboxylic acids is 1. The van der Waals surface area contributed by atoms with Crippen molar-refractivity contribution in [2.75, 3.05) is 13.6 Å². The summed E-state index contributed by atoms with van der Waals surface area (Å²) in [6, 6.07) is 0. The van der Waals surface area contributed by atoms with Crippen molar-refractivity contribution >= 4 is 47.2 Å². The Balaban J connectivity index is 0.00000338. The number of hydrogen-bond donors (Lipinski definition) is 2. The fraction of sp³-hybridized carbons (Fsp3) is 0.722. The highest BCUT2D eigenvalue weighted by Gasteiger charge is 2.18. The molecule has 0 bridgehead atoms. The van der Waals surface area contributed by atoms with Gasteiger partial charge in [0.2, 0.25) is 0 Å². The summed E-state index contributed by atoms with van der Waals surface area (Å²) in [5.41, 5.74) is 1.13. The van der Waals surface area contributed by atoms with Crippen molar-refractivity contribution in [3.8, 4) is 0 Å². The van der Waals surface area contributed by atoms with Gasteiger partial charge in [-0.15, -0.1) is 35.3 Å². The van der Waals surface area contributed by atoms with Gasteiger partial charge in [0.05, 0.1) is 12.2 Å². The number of ether oxygens (including phenoxy) is 1. The number of nitrogens with zero attached hydrogens (tertiary/aromatic N) is 2. The Morgan fingerprint density at radius 1 is 1.38 bits per heavy atom. The van der Waals surface area contributed by atoms with Crippen molar-refractivity contribution in [2.24, 2.45) is 4.99 Å². The number of carbonyl (C=O) groups is 1. The number of guanidine groups is 1. The molecule has 2 N–H and O–H groups in total. The van der Waals surface area contributed by atoms with Gasteiger partial charge in [0, 0.05) is 25.4 Å². The van der Waals surface area contributed by atoms with Gasteiger partial charge < -0.3 is 15.4 Å². The average molecular weight is 494 g/mol. The van der Waals surface area contributed by atoms with E-state index < -0.39 is 0 Å². The first-order chi connectivity index (χ1) is 12.1. The number of halogens is 1. The molecule has 26 heavy (non-hydrogen) atoms. The maximum Gasteiger partial charge on any atom is 0.306 e. The van der Waals surface area contributed by atoms with Crippen LogP contribution in [-0.4, -0.2) is 36.6 Å². The first kappa shape index (κ1) is 23.1. The van der Waals surface area contributed by atoms with Crippen molar-refractivity contribution in [2.45, 2.75) is 70.9 Å². The summed E-state index contributed by atoms with van der Waals surface area (Å²) < 4.78 is 5.45. The van der Waals surface area contributed by atoms with E-state index in [2.05, 4.69) is 39.8 Å². The molecule has 6 nitrogen and oxygen atoms in total. The fourth-order valence-electron chi connectivity index (χ4n) is 2.74. The molecule has 8 heteroatoms. The SMILES string of the molecule is CN=C(NCCCC(=O)OC1CCCC1)NCc1nc(C(C)C)cs1.I. The molecule has 0 saturated heterocycles. The van der Waals surface area contributed by atoms with Crippen LogP contribution in [0.3, 0.4) is 0 Å². The Labute approximate surface area is 177 Å². The molecule has 148 valence electrons. The molecule has 2 rings (SSSR count). The summed E-state index contributed by atoms with van der Waals surface area (Å²) in [4.78, 5) is 20.6. The molecule has 0 atom stereocenters. The fourth-order valence-corrected chi connectivity index (χ4v) is 3.64. The van der Waals surface area contributed by atoms with Crippen LogP contribution in [0.5, 0.6) is 0 Å². The molecule has 1 saturated carbocycles. The molecule has 0 spiro atoms. The van der Waals surface area contributed by atoms with E-state index in [4.69, 9.17) is 4.74 Å². The van der Waals surface area contributed by atoms with E-state index in [1.54, 1.807) is 18.4 Å². The number of thiazole rings is 1. The van der Waals surface area contributed by atoms with Gasteiger partial charge in [0.1, 0.15) is 11.1 Å². The van der Waals surface area contributed by atoms with Gasteiger partial charge in [-0.2, -0.15) is 0 Å². The monoisotopic (exact) mass is 494 g/mol. The van der Waals surface area contributed by atoms with Crippen molar-refractivity contribution in [3.63, 3.8) is 0 Å². The quantitative estimate of drug-likeness (QED) is 0.189. The van der Waals surface area contributed by atoms with Crippen LogP contribution in [0.1, 0.15) is 69.0 Å². The van der Waals surface area contributed by atoms with E-state index in [1.807, 2.05) is 0 Å². The predicted octanol–water partition coefficient (Wildman–Crippen LogP) is 3.82. The largest absolute Gasteiger partial charge is 0.462 e. The summed E-state index contributed by atoms with van der Waals surface area (Å²) in [6.45, 7) is 5.63. The maximum absolute atomic E-state index is 11.8. The van der Waals surface area contributed by atoms with Gasteiger partial charge in [-0.1, -0.05) is 13.8 Å². The highest BCUT2D eigenvalue weighted by Crippen LogP contribution is 2.21. The van der Waals surface area contributed by atoms with E-state index in [0.717, 1.165) is 35.9 Å². The standard InChI is InChI=1S/C18H30N4O2S.HI/c1-13(2)15-12-25-16(22-15)11-21-18(19-3)20-10-6-9-17(23)24-14-7-4-5-8-14;/h12-14H,4-11H2,1-3H3,(H2,19,20,21);1H. The van der Waals surface area contributed by atoms with E-state index in [0.29, 0.717) is 25.4 Å². The molecule has 1 aromatic heterocycles. The van der Waals surface area contributed by atoms with Crippen LogP contribution in [0.4, 0.5) is 0 Å². The van der Waals surface area contributed by atoms with Crippen LogP contribution < -0.4 is 10.6 Å². The number of aromatic nitrogens is 1. The molecule has 1 aliphatic carbocycles. The van der Waals surface area contributed by atoms with Gasteiger partial charge in [-0.3, -0.25) is 9.79 Å². The van der Waals surface area contributed by atoms with Crippen molar-refractivity contribution < 1.29 is 9.53 Å². The van der Waals surface area contributed by atoms with Crippen LogP contribution in [-0.2, 0) is 16.1 Å². The summed E-state index contributed by atoms with van der Waals surface area (Å²) in [6.07, 6.45) is 5.75. The van der Waals surface area contributed by atoms with Gasteiger partial charge in [0.15, 0.2) is 5.96 Å². The summed E-state index contributed by atoms with van der Waals surface area (Å²) >= 11 is 1.66. The third-order valence-electron chi connectivity index (χ3n) is 4.24. The Morgan fingerprint density at radius 2 is 2.12 bits per heavy atom. The molecule has 1 heterocycles. The Morgan fingerprint density at radius 3 is 2.73 bits per heavy atom. The second-order valence-electron chi connectivity index (χ2n) is 6.67. The predicted molar refractivity (Wildman–Crippen MR) is 117 cm³/mol. The summed E-state index contributed by atoms with van der Waals surface area (Å²) in [5.74, 6) is 1.09. The smallest absolute Gasteiger partial charge is 0.306 e. The van der Waals surface area contributed by atoms with Gasteiger partial charge in [0.25, 0.3) is 0 Å². The maximum atomic E-state index is 11.8. The molecular weight excluding hydrogens is 463 g/mol. The molecule has 1 fully saturated rings. The normalized spacial score (nSPS) is 15.0. The molecule has 0 radical (unpaired) electrons. The van der Waals surface area contributed by atoms with E-state index in [-0.39, 0.29) is 36.0 Å². The minimum Gasteiger partial charge on any atom is -0.462 e. The van der Waals surface area contributed by atoms with Crippen LogP contribution in [0.15, 0.2) is 10.4 Å². The lowest BCUT2D eigenvalue weighted by molar-refractivity contribution is -0.148. The van der Waals surface area contributed by atoms with E-state index >= 15 is 0 Å². The van der Waals surface area contributed by atoms with E-state index in [1.165, 1.54) is 12.8 Å². The Kier molecular flexibility index (Phi) is 11.1. The second kappa shape index (κ2) is 12.5. The third-order valence-corrected chi connectivity index (χ3v) is 5.11. The lowest BCUT2D eigenvalue weighted by atomic mass is 10.2. The van der Waals surface area contributed by atoms with Crippen LogP contribution >= 0.6 is 35.3 Å². The zero-order valence-electron chi connectivity index (χ0n) is 15.9. The molecule has 0 aromatic carbocycles. The first-order valence-corrected chi connectivity index (χ1v) is 10.0. The first-order valence-electron chi connectivity index (χ1n) is 9.16. The van der Waals surface area contributed by atoms with E-state index in [9.17, 15) is 4.79 Å². The van der Waals surface area contributed by atoms with Crippen LogP contribution in [0.2, 0.25) is 0 Å². The number of esters is 1. The van der Waals surface area contributed by atoms with Crippen LogP contribution in [0, 0.1) is 0 Å². The number of rotatable bonds is 8. The molecule has 0 unspecified atom stereocenters. The summed E-state index contributed by atoms with van der Waals surface area (Å²) in [7, 11) is 1.74. The number of hydrogen-bond acceptors (Lipinski definition) is 5. The molecule has 0 aliphatic heterocycles. The minimum absolute atomic E-state index is 0. The van der Waals surface area contributed by atoms with Crippen molar-refractivity contribution in [3.05, 3.63) is 16.1 Å². The van der Waals surface area contributed by atoms with Gasteiger partial charge in [-0.05, 0) is 38.0 Å². The average Bonchev–Trinajstić information content (AvgIpc) is 3.26.